The molecular formula is C50H70O23. The Labute approximate surface area is 421 Å². The Morgan fingerprint density at radius 3 is 1.81 bits per heavy atom. The van der Waals surface area contributed by atoms with E-state index in [0.717, 1.165) is 0 Å². The van der Waals surface area contributed by atoms with E-state index in [1.165, 1.54) is 60.8 Å². The molecule has 21 unspecified atom stereocenters. The van der Waals surface area contributed by atoms with Crippen molar-refractivity contribution >= 4 is 34.3 Å². The van der Waals surface area contributed by atoms with Gasteiger partial charge in [-0.25, -0.2) is 0 Å². The van der Waals surface area contributed by atoms with Crippen LogP contribution >= 0.6 is 0 Å². The topological polar surface area (TPSA) is 332 Å². The van der Waals surface area contributed by atoms with Gasteiger partial charge in [0.2, 0.25) is 6.29 Å². The summed E-state index contributed by atoms with van der Waals surface area (Å²) in [5.41, 5.74) is -1.47. The maximum atomic E-state index is 15.0. The highest BCUT2D eigenvalue weighted by Crippen LogP contribution is 2.47. The molecule has 73 heavy (non-hydrogen) atoms. The van der Waals surface area contributed by atoms with E-state index in [1.54, 1.807) is 20.8 Å². The lowest BCUT2D eigenvalue weighted by atomic mass is 9.75. The van der Waals surface area contributed by atoms with Crippen LogP contribution in [-0.2, 0) is 68.2 Å². The number of methoxy groups -OCH3 is 1. The molecule has 7 rings (SSSR count). The lowest BCUT2D eigenvalue weighted by molar-refractivity contribution is -0.334. The van der Waals surface area contributed by atoms with Crippen molar-refractivity contribution in [3.05, 3.63) is 28.8 Å². The quantitative estimate of drug-likeness (QED) is 0.115. The predicted octanol–water partition coefficient (Wildman–Crippen LogP) is 1.01. The number of hydrogen-bond donors (Lipinski definition) is 8. The van der Waals surface area contributed by atoms with Gasteiger partial charge in [0, 0.05) is 58.1 Å². The standard InChI is InChI=1S/C50H70O23/c1-18-29(70-33-14-30(68-24(7)52)41(56)20(3)64-33)13-27-11-26-12-28(47(63-10)46(61)40(55)19(2)51)48(45(60)38(26)44(59)37(27)39(18)54)73-35-16-31(42(57)22(5)66-35)71-34-15-32(43(58)21(4)65-34)72-36-17-50(9,62)49(23(6)67-36)69-25(8)53/h11,13,19-23,28,30-36,40-43,47-49,51,54-59,62H,12,14-17H2,1-10H3. The van der Waals surface area contributed by atoms with Crippen LogP contribution < -0.4 is 4.74 Å². The average Bonchev–Trinajstić information content (AvgIpc) is 3.29. The van der Waals surface area contributed by atoms with Crippen LogP contribution in [0.5, 0.6) is 17.2 Å². The van der Waals surface area contributed by atoms with Crippen LogP contribution in [0, 0.1) is 12.8 Å². The Bertz CT molecular complexity index is 2340. The van der Waals surface area contributed by atoms with Gasteiger partial charge in [-0.05, 0) is 78.0 Å². The van der Waals surface area contributed by atoms with E-state index in [0.29, 0.717) is 0 Å². The molecule has 0 bridgehead atoms. The largest absolute Gasteiger partial charge is 0.507 e. The van der Waals surface area contributed by atoms with Crippen LogP contribution in [0.15, 0.2) is 12.1 Å². The van der Waals surface area contributed by atoms with Crippen molar-refractivity contribution in [2.24, 2.45) is 5.92 Å². The van der Waals surface area contributed by atoms with Gasteiger partial charge in [-0.2, -0.15) is 0 Å². The molecule has 4 fully saturated rings. The van der Waals surface area contributed by atoms with E-state index in [-0.39, 0.29) is 65.3 Å². The Balaban J connectivity index is 1.14. The number of aromatic hydroxyl groups is 2. The second-order valence-corrected chi connectivity index (χ2v) is 20.2. The van der Waals surface area contributed by atoms with Gasteiger partial charge in [-0.3, -0.25) is 19.2 Å². The second kappa shape index (κ2) is 22.6. The molecule has 0 aromatic heterocycles. The van der Waals surface area contributed by atoms with Crippen molar-refractivity contribution in [1.29, 1.82) is 0 Å². The van der Waals surface area contributed by atoms with Crippen LogP contribution in [0.4, 0.5) is 0 Å². The molecule has 5 aliphatic rings. The van der Waals surface area contributed by atoms with Crippen molar-refractivity contribution < 1.29 is 112 Å². The van der Waals surface area contributed by atoms with Gasteiger partial charge in [-0.1, -0.05) is 0 Å². The molecule has 0 amide bonds. The van der Waals surface area contributed by atoms with Crippen LogP contribution in [0.2, 0.25) is 0 Å². The van der Waals surface area contributed by atoms with Crippen LogP contribution in [0.25, 0.3) is 10.8 Å². The monoisotopic (exact) mass is 1040 g/mol. The van der Waals surface area contributed by atoms with Crippen molar-refractivity contribution in [2.45, 2.75) is 217 Å². The van der Waals surface area contributed by atoms with Gasteiger partial charge in [0.1, 0.15) is 65.6 Å². The van der Waals surface area contributed by atoms with Gasteiger partial charge >= 0.3 is 11.9 Å². The minimum atomic E-state index is -1.94. The third kappa shape index (κ3) is 11.9. The second-order valence-electron chi connectivity index (χ2n) is 20.2. The number of aliphatic hydroxyl groups is 6. The number of hydrogen-bond acceptors (Lipinski definition) is 23. The molecule has 0 radical (unpaired) electrons. The van der Waals surface area contributed by atoms with Gasteiger partial charge in [0.15, 0.2) is 36.5 Å². The first kappa shape index (κ1) is 56.5. The Hall–Kier alpha value is -4.18. The first-order valence-corrected chi connectivity index (χ1v) is 24.5. The molecule has 23 nitrogen and oxygen atoms in total. The molecule has 408 valence electrons. The van der Waals surface area contributed by atoms with Gasteiger partial charge in [0.25, 0.3) is 0 Å². The fourth-order valence-corrected chi connectivity index (χ4v) is 10.6. The minimum absolute atomic E-state index is 0.0621. The number of Topliss-reactive ketones (excluding diaryl/α,β-unsaturated/α-hetero) is 2. The van der Waals surface area contributed by atoms with E-state index in [4.69, 9.17) is 52.1 Å². The fourth-order valence-electron chi connectivity index (χ4n) is 10.6. The van der Waals surface area contributed by atoms with E-state index < -0.39 is 163 Å². The number of esters is 2. The van der Waals surface area contributed by atoms with Crippen LogP contribution in [-0.4, -0.2) is 194 Å². The molecule has 2 aromatic rings. The average molecular weight is 1040 g/mol. The van der Waals surface area contributed by atoms with Gasteiger partial charge in [0.05, 0.1) is 53.7 Å². The summed E-state index contributed by atoms with van der Waals surface area (Å²) in [5.74, 6) is -5.28. The number of rotatable bonds is 15. The van der Waals surface area contributed by atoms with Crippen LogP contribution in [0.3, 0.4) is 0 Å². The van der Waals surface area contributed by atoms with E-state index in [2.05, 4.69) is 0 Å². The summed E-state index contributed by atoms with van der Waals surface area (Å²) in [6, 6.07) is 3.01. The predicted molar refractivity (Wildman–Crippen MR) is 248 cm³/mol. The number of phenolic OH excluding ortho intramolecular Hbond substituents is 2. The zero-order valence-electron chi connectivity index (χ0n) is 42.4. The minimum Gasteiger partial charge on any atom is -0.507 e. The normalized spacial score (nSPS) is 38.2. The lowest BCUT2D eigenvalue weighted by Crippen LogP contribution is -2.59. The number of phenols is 2. The number of carbonyl (C=O) groups excluding carboxylic acids is 4. The highest BCUT2D eigenvalue weighted by molar-refractivity contribution is 6.11. The van der Waals surface area contributed by atoms with Crippen molar-refractivity contribution in [3.63, 3.8) is 0 Å². The van der Waals surface area contributed by atoms with E-state index in [9.17, 15) is 60.0 Å². The summed E-state index contributed by atoms with van der Waals surface area (Å²) in [5, 5.41) is 89.1. The lowest BCUT2D eigenvalue weighted by Gasteiger charge is -2.46. The Kier molecular flexibility index (Phi) is 17.5. The third-order valence-corrected chi connectivity index (χ3v) is 14.4. The zero-order chi connectivity index (χ0) is 53.7. The summed E-state index contributed by atoms with van der Waals surface area (Å²) in [4.78, 5) is 52.3. The first-order chi connectivity index (χ1) is 34.2. The van der Waals surface area contributed by atoms with E-state index >= 15 is 0 Å². The number of ketones is 2. The van der Waals surface area contributed by atoms with Crippen LogP contribution in [0.1, 0.15) is 103 Å². The highest BCUT2D eigenvalue weighted by atomic mass is 16.7. The van der Waals surface area contributed by atoms with Gasteiger partial charge in [-0.15, -0.1) is 0 Å². The number of benzene rings is 2. The Morgan fingerprint density at radius 1 is 0.740 bits per heavy atom. The van der Waals surface area contributed by atoms with Gasteiger partial charge < -0.3 is 93.0 Å². The zero-order valence-corrected chi connectivity index (χ0v) is 42.4. The first-order valence-electron chi connectivity index (χ1n) is 24.5. The maximum Gasteiger partial charge on any atom is 0.303 e. The number of aliphatic hydroxyl groups excluding tert-OH is 5. The molecule has 2 aromatic carbocycles. The molecule has 21 atom stereocenters. The molecule has 8 N–H and O–H groups in total. The molecular weight excluding hydrogens is 969 g/mol. The molecule has 0 spiro atoms. The summed E-state index contributed by atoms with van der Waals surface area (Å²) in [7, 11) is 1.18. The number of ether oxygens (including phenoxy) is 11. The SMILES string of the molecule is COC(C(=O)C(O)C(C)O)C1Cc2cc3cc(OC4CC(OC(C)=O)C(O)C(C)O4)c(C)c(O)c3c(O)c2C(=O)C1OC1CC(OC2CC(OC3CC(C)(O)C(OC(C)=O)C(C)O3)C(O)C(C)O2)C(O)C(C)O1. The molecule has 1 aliphatic carbocycles. The molecule has 4 aliphatic heterocycles. The number of carbonyl (C=O) groups is 4. The summed E-state index contributed by atoms with van der Waals surface area (Å²) < 4.78 is 65.2. The van der Waals surface area contributed by atoms with Crippen molar-refractivity contribution in [3.8, 4) is 17.2 Å². The Morgan fingerprint density at radius 2 is 1.26 bits per heavy atom. The maximum absolute atomic E-state index is 15.0. The van der Waals surface area contributed by atoms with Crippen molar-refractivity contribution in [1.82, 2.24) is 0 Å². The molecule has 4 saturated heterocycles. The molecule has 0 saturated carbocycles. The molecule has 4 heterocycles. The highest BCUT2D eigenvalue weighted by Gasteiger charge is 2.52. The summed E-state index contributed by atoms with van der Waals surface area (Å²) >= 11 is 0. The third-order valence-electron chi connectivity index (χ3n) is 14.4. The van der Waals surface area contributed by atoms with Crippen molar-refractivity contribution in [2.75, 3.05) is 7.11 Å². The summed E-state index contributed by atoms with van der Waals surface area (Å²) in [6.07, 6.45) is -23.0. The van der Waals surface area contributed by atoms with E-state index in [1.807, 2.05) is 0 Å². The summed E-state index contributed by atoms with van der Waals surface area (Å²) in [6.45, 7) is 12.9. The molecule has 23 heteroatoms. The fraction of sp³-hybridized carbons (Fsp3) is 0.720. The smallest absolute Gasteiger partial charge is 0.303 e. The number of fused-ring (bicyclic) bond motifs is 2.